The lowest BCUT2D eigenvalue weighted by Crippen LogP contribution is -2.06. The lowest BCUT2D eigenvalue weighted by molar-refractivity contribution is 0.626. The first kappa shape index (κ1) is 12.1. The summed E-state index contributed by atoms with van der Waals surface area (Å²) in [6, 6.07) is 0. The Morgan fingerprint density at radius 2 is 2.00 bits per heavy atom. The molecular formula is C12H23NS. The quantitative estimate of drug-likeness (QED) is 0.600. The summed E-state index contributed by atoms with van der Waals surface area (Å²) in [6.45, 7) is 6.71. The summed E-state index contributed by atoms with van der Waals surface area (Å²) >= 11 is 2.07. The summed E-state index contributed by atoms with van der Waals surface area (Å²) in [5.41, 5.74) is 1.37. The third kappa shape index (κ3) is 3.64. The molecule has 0 saturated carbocycles. The SMILES string of the molecule is CCCCCC[C@@H]1N=C(C)[C@H](CC)S1. The average molecular weight is 213 g/mol. The van der Waals surface area contributed by atoms with E-state index in [1.165, 1.54) is 44.2 Å². The van der Waals surface area contributed by atoms with E-state index in [1.54, 1.807) is 0 Å². The summed E-state index contributed by atoms with van der Waals surface area (Å²) in [6.07, 6.45) is 8.00. The van der Waals surface area contributed by atoms with Crippen molar-refractivity contribution in [1.82, 2.24) is 0 Å². The Bertz CT molecular complexity index is 189. The lowest BCUT2D eigenvalue weighted by atomic mass is 10.1. The van der Waals surface area contributed by atoms with E-state index in [9.17, 15) is 0 Å². The molecule has 0 spiro atoms. The van der Waals surface area contributed by atoms with Gasteiger partial charge in [-0.25, -0.2) is 0 Å². The number of hydrogen-bond acceptors (Lipinski definition) is 2. The molecule has 0 aromatic rings. The first-order valence-electron chi connectivity index (χ1n) is 5.97. The van der Waals surface area contributed by atoms with E-state index in [4.69, 9.17) is 4.99 Å². The van der Waals surface area contributed by atoms with Crippen LogP contribution in [-0.4, -0.2) is 16.3 Å². The highest BCUT2D eigenvalue weighted by Gasteiger charge is 2.23. The smallest absolute Gasteiger partial charge is 0.0957 e. The number of aliphatic imine (C=N–C) groups is 1. The second-order valence-corrected chi connectivity index (χ2v) is 5.49. The van der Waals surface area contributed by atoms with Gasteiger partial charge in [-0.3, -0.25) is 4.99 Å². The molecule has 0 fully saturated rings. The van der Waals surface area contributed by atoms with Gasteiger partial charge in [-0.15, -0.1) is 11.8 Å². The van der Waals surface area contributed by atoms with Gasteiger partial charge >= 0.3 is 0 Å². The Kier molecular flexibility index (Phi) is 5.61. The zero-order valence-electron chi connectivity index (χ0n) is 9.75. The molecule has 82 valence electrons. The topological polar surface area (TPSA) is 12.4 Å². The monoisotopic (exact) mass is 213 g/mol. The van der Waals surface area contributed by atoms with Gasteiger partial charge in [-0.2, -0.15) is 0 Å². The van der Waals surface area contributed by atoms with Crippen LogP contribution in [-0.2, 0) is 0 Å². The van der Waals surface area contributed by atoms with Crippen molar-refractivity contribution in [1.29, 1.82) is 0 Å². The molecule has 1 heterocycles. The normalized spacial score (nSPS) is 26.6. The summed E-state index contributed by atoms with van der Waals surface area (Å²) in [5.74, 6) is 0. The van der Waals surface area contributed by atoms with Gasteiger partial charge in [0.25, 0.3) is 0 Å². The average Bonchev–Trinajstić information content (AvgIpc) is 2.54. The third-order valence-corrected chi connectivity index (χ3v) is 4.47. The highest BCUT2D eigenvalue weighted by atomic mass is 32.2. The summed E-state index contributed by atoms with van der Waals surface area (Å²) in [4.78, 5) is 4.72. The third-order valence-electron chi connectivity index (χ3n) is 2.81. The molecule has 0 aromatic heterocycles. The van der Waals surface area contributed by atoms with Crippen LogP contribution < -0.4 is 0 Å². The Morgan fingerprint density at radius 1 is 1.21 bits per heavy atom. The van der Waals surface area contributed by atoms with Crippen LogP contribution in [0, 0.1) is 0 Å². The van der Waals surface area contributed by atoms with Crippen LogP contribution in [0.1, 0.15) is 59.3 Å². The molecule has 0 N–H and O–H groups in total. The Hall–Kier alpha value is 0.0200. The number of hydrogen-bond donors (Lipinski definition) is 0. The van der Waals surface area contributed by atoms with Gasteiger partial charge in [0.05, 0.1) is 5.37 Å². The van der Waals surface area contributed by atoms with E-state index in [0.717, 1.165) is 0 Å². The van der Waals surface area contributed by atoms with Crippen molar-refractivity contribution in [3.63, 3.8) is 0 Å². The molecule has 0 unspecified atom stereocenters. The maximum Gasteiger partial charge on any atom is 0.0957 e. The van der Waals surface area contributed by atoms with Gasteiger partial charge in [0.2, 0.25) is 0 Å². The molecule has 0 bridgehead atoms. The van der Waals surface area contributed by atoms with E-state index in [1.807, 2.05) is 0 Å². The highest BCUT2D eigenvalue weighted by Crippen LogP contribution is 2.32. The van der Waals surface area contributed by atoms with Crippen LogP contribution in [0.2, 0.25) is 0 Å². The van der Waals surface area contributed by atoms with Crippen molar-refractivity contribution in [2.24, 2.45) is 4.99 Å². The minimum absolute atomic E-state index is 0.580. The van der Waals surface area contributed by atoms with Crippen LogP contribution in [0.25, 0.3) is 0 Å². The van der Waals surface area contributed by atoms with E-state index < -0.39 is 0 Å². The number of nitrogens with zero attached hydrogens (tertiary/aromatic N) is 1. The fourth-order valence-electron chi connectivity index (χ4n) is 1.90. The standard InChI is InChI=1S/C12H23NS/c1-4-6-7-8-9-12-13-10(3)11(5-2)14-12/h11-12H,4-9H2,1-3H3/t11-,12+/m0/s1. The van der Waals surface area contributed by atoms with Crippen LogP contribution in [0.3, 0.4) is 0 Å². The summed E-state index contributed by atoms with van der Waals surface area (Å²) < 4.78 is 0. The van der Waals surface area contributed by atoms with E-state index >= 15 is 0 Å². The molecule has 1 aliphatic rings. The second-order valence-electron chi connectivity index (χ2n) is 4.11. The molecule has 0 aliphatic carbocycles. The van der Waals surface area contributed by atoms with Gasteiger partial charge in [-0.1, -0.05) is 39.5 Å². The molecule has 2 heteroatoms. The number of thioether (sulfide) groups is 1. The zero-order chi connectivity index (χ0) is 10.4. The fourth-order valence-corrected chi connectivity index (χ4v) is 3.26. The number of rotatable bonds is 6. The van der Waals surface area contributed by atoms with Crippen molar-refractivity contribution < 1.29 is 0 Å². The first-order chi connectivity index (χ1) is 6.77. The molecule has 0 amide bonds. The molecule has 0 aromatic carbocycles. The molecule has 1 nitrogen and oxygen atoms in total. The Balaban J connectivity index is 2.15. The van der Waals surface area contributed by atoms with Crippen LogP contribution >= 0.6 is 11.8 Å². The molecule has 1 aliphatic heterocycles. The van der Waals surface area contributed by atoms with Crippen LogP contribution in [0.5, 0.6) is 0 Å². The highest BCUT2D eigenvalue weighted by molar-refractivity contribution is 8.01. The van der Waals surface area contributed by atoms with Gasteiger partial charge < -0.3 is 0 Å². The molecular weight excluding hydrogens is 190 g/mol. The fraction of sp³-hybridized carbons (Fsp3) is 0.917. The zero-order valence-corrected chi connectivity index (χ0v) is 10.6. The van der Waals surface area contributed by atoms with Gasteiger partial charge in [0.1, 0.15) is 0 Å². The lowest BCUT2D eigenvalue weighted by Gasteiger charge is -2.08. The second kappa shape index (κ2) is 6.49. The largest absolute Gasteiger partial charge is 0.279 e. The minimum atomic E-state index is 0.580. The van der Waals surface area contributed by atoms with Gasteiger partial charge in [0.15, 0.2) is 0 Å². The molecule has 0 saturated heterocycles. The molecule has 14 heavy (non-hydrogen) atoms. The van der Waals surface area contributed by atoms with Crippen molar-refractivity contribution in [3.05, 3.63) is 0 Å². The summed E-state index contributed by atoms with van der Waals surface area (Å²) in [5, 5.41) is 1.29. The van der Waals surface area contributed by atoms with Crippen molar-refractivity contribution in [2.45, 2.75) is 69.9 Å². The molecule has 0 radical (unpaired) electrons. The minimum Gasteiger partial charge on any atom is -0.279 e. The van der Waals surface area contributed by atoms with E-state index in [-0.39, 0.29) is 0 Å². The summed E-state index contributed by atoms with van der Waals surface area (Å²) in [7, 11) is 0. The van der Waals surface area contributed by atoms with Crippen molar-refractivity contribution in [3.8, 4) is 0 Å². The van der Waals surface area contributed by atoms with Crippen LogP contribution in [0.4, 0.5) is 0 Å². The number of unbranched alkanes of at least 4 members (excludes halogenated alkanes) is 3. The van der Waals surface area contributed by atoms with E-state index in [0.29, 0.717) is 10.6 Å². The predicted molar refractivity (Wildman–Crippen MR) is 67.3 cm³/mol. The van der Waals surface area contributed by atoms with Crippen molar-refractivity contribution in [2.75, 3.05) is 0 Å². The molecule has 1 rings (SSSR count). The maximum atomic E-state index is 4.72. The van der Waals surface area contributed by atoms with Crippen molar-refractivity contribution >= 4 is 17.5 Å². The first-order valence-corrected chi connectivity index (χ1v) is 6.92. The predicted octanol–water partition coefficient (Wildman–Crippen LogP) is 4.27. The Labute approximate surface area is 92.8 Å². The maximum absolute atomic E-state index is 4.72. The van der Waals surface area contributed by atoms with E-state index in [2.05, 4.69) is 32.5 Å². The van der Waals surface area contributed by atoms with Crippen LogP contribution in [0.15, 0.2) is 4.99 Å². The van der Waals surface area contributed by atoms with Gasteiger partial charge in [0, 0.05) is 11.0 Å². The molecule has 2 atom stereocenters. The van der Waals surface area contributed by atoms with Gasteiger partial charge in [-0.05, 0) is 19.8 Å². The Morgan fingerprint density at radius 3 is 2.57 bits per heavy atom.